The van der Waals surface area contributed by atoms with Crippen molar-refractivity contribution in [3.05, 3.63) is 64.7 Å². The van der Waals surface area contributed by atoms with Gasteiger partial charge in [0, 0.05) is 23.3 Å². The molecule has 0 aliphatic heterocycles. The van der Waals surface area contributed by atoms with Crippen molar-refractivity contribution < 1.29 is 5.11 Å². The molecular formula is C18H22ClNO. The van der Waals surface area contributed by atoms with Crippen molar-refractivity contribution in [3.8, 4) is 0 Å². The molecule has 112 valence electrons. The van der Waals surface area contributed by atoms with Gasteiger partial charge in [0.2, 0.25) is 0 Å². The first-order valence-electron chi connectivity index (χ1n) is 7.27. The van der Waals surface area contributed by atoms with Crippen molar-refractivity contribution in [1.29, 1.82) is 0 Å². The number of rotatable bonds is 5. The average molecular weight is 304 g/mol. The van der Waals surface area contributed by atoms with Gasteiger partial charge in [0.25, 0.3) is 0 Å². The molecule has 0 saturated carbocycles. The molecule has 0 radical (unpaired) electrons. The Bertz CT molecular complexity index is 581. The topological polar surface area (TPSA) is 23.5 Å². The summed E-state index contributed by atoms with van der Waals surface area (Å²) in [6, 6.07) is 16.6. The van der Waals surface area contributed by atoms with Gasteiger partial charge in [-0.15, -0.1) is 0 Å². The molecule has 21 heavy (non-hydrogen) atoms. The van der Waals surface area contributed by atoms with Gasteiger partial charge in [-0.2, -0.15) is 0 Å². The first-order chi connectivity index (χ1) is 9.99. The van der Waals surface area contributed by atoms with Gasteiger partial charge >= 0.3 is 0 Å². The molecule has 0 spiro atoms. The Labute approximate surface area is 132 Å². The maximum atomic E-state index is 9.68. The molecule has 1 atom stereocenters. The van der Waals surface area contributed by atoms with E-state index in [0.29, 0.717) is 11.1 Å². The maximum absolute atomic E-state index is 9.68. The van der Waals surface area contributed by atoms with Crippen LogP contribution in [0, 0.1) is 0 Å². The third-order valence-corrected chi connectivity index (χ3v) is 3.91. The van der Waals surface area contributed by atoms with Gasteiger partial charge in [-0.25, -0.2) is 0 Å². The summed E-state index contributed by atoms with van der Waals surface area (Å²) in [5.41, 5.74) is 3.11. The summed E-state index contributed by atoms with van der Waals surface area (Å²) < 4.78 is 0. The molecule has 2 aromatic carbocycles. The van der Waals surface area contributed by atoms with Crippen LogP contribution in [0.25, 0.3) is 0 Å². The van der Waals surface area contributed by atoms with Gasteiger partial charge in [-0.1, -0.05) is 48.0 Å². The highest BCUT2D eigenvalue weighted by atomic mass is 35.5. The molecule has 0 heterocycles. The Morgan fingerprint density at radius 3 is 2.24 bits per heavy atom. The fourth-order valence-corrected chi connectivity index (χ4v) is 2.72. The van der Waals surface area contributed by atoms with Crippen LogP contribution in [0.15, 0.2) is 48.5 Å². The summed E-state index contributed by atoms with van der Waals surface area (Å²) in [6.45, 7) is 6.90. The number of benzene rings is 2. The second-order valence-corrected chi connectivity index (χ2v) is 6.00. The molecule has 2 nitrogen and oxygen atoms in total. The van der Waals surface area contributed by atoms with Crippen molar-refractivity contribution in [2.45, 2.75) is 39.5 Å². The minimum atomic E-state index is -0.548. The van der Waals surface area contributed by atoms with Crippen LogP contribution in [0.3, 0.4) is 0 Å². The summed E-state index contributed by atoms with van der Waals surface area (Å²) in [7, 11) is 0. The number of hydrogen-bond donors (Lipinski definition) is 1. The predicted octanol–water partition coefficient (Wildman–Crippen LogP) is 4.81. The number of aliphatic hydroxyl groups is 1. The predicted molar refractivity (Wildman–Crippen MR) is 89.8 cm³/mol. The van der Waals surface area contributed by atoms with Crippen LogP contribution in [-0.2, 0) is 6.54 Å². The summed E-state index contributed by atoms with van der Waals surface area (Å²) >= 11 is 6.29. The van der Waals surface area contributed by atoms with Crippen LogP contribution in [-0.4, -0.2) is 11.1 Å². The Kier molecular flexibility index (Phi) is 5.27. The molecule has 0 aliphatic carbocycles. The standard InChI is InChI=1S/C18H22ClNO/c1-13(2)20(12-15-7-5-4-6-8-15)16-9-10-17(14(3)21)18(19)11-16/h4-11,13-14,21H,12H2,1-3H3. The smallest absolute Gasteiger partial charge is 0.0776 e. The highest BCUT2D eigenvalue weighted by Gasteiger charge is 2.14. The fourth-order valence-electron chi connectivity index (χ4n) is 2.39. The van der Waals surface area contributed by atoms with E-state index < -0.39 is 6.10 Å². The highest BCUT2D eigenvalue weighted by Crippen LogP contribution is 2.29. The number of halogens is 1. The summed E-state index contributed by atoms with van der Waals surface area (Å²) in [6.07, 6.45) is -0.548. The van der Waals surface area contributed by atoms with E-state index in [1.807, 2.05) is 24.3 Å². The Morgan fingerprint density at radius 1 is 1.05 bits per heavy atom. The van der Waals surface area contributed by atoms with E-state index in [9.17, 15) is 5.11 Å². The Balaban J connectivity index is 2.28. The second kappa shape index (κ2) is 6.97. The van der Waals surface area contributed by atoms with Crippen molar-refractivity contribution >= 4 is 17.3 Å². The molecule has 2 rings (SSSR count). The fraction of sp³-hybridized carbons (Fsp3) is 0.333. The molecule has 2 aromatic rings. The van der Waals surface area contributed by atoms with E-state index in [0.717, 1.165) is 17.8 Å². The summed E-state index contributed by atoms with van der Waals surface area (Å²) in [5, 5.41) is 10.3. The maximum Gasteiger partial charge on any atom is 0.0776 e. The van der Waals surface area contributed by atoms with Gasteiger partial charge in [-0.05, 0) is 44.0 Å². The number of aliphatic hydroxyl groups excluding tert-OH is 1. The first-order valence-corrected chi connectivity index (χ1v) is 7.65. The lowest BCUT2D eigenvalue weighted by Crippen LogP contribution is -2.30. The van der Waals surface area contributed by atoms with Gasteiger partial charge < -0.3 is 10.0 Å². The number of anilines is 1. The minimum Gasteiger partial charge on any atom is -0.389 e. The van der Waals surface area contributed by atoms with Crippen molar-refractivity contribution in [2.24, 2.45) is 0 Å². The lowest BCUT2D eigenvalue weighted by Gasteiger charge is -2.30. The van der Waals surface area contributed by atoms with Crippen molar-refractivity contribution in [2.75, 3.05) is 4.90 Å². The van der Waals surface area contributed by atoms with Gasteiger partial charge in [0.1, 0.15) is 0 Å². The quantitative estimate of drug-likeness (QED) is 0.857. The second-order valence-electron chi connectivity index (χ2n) is 5.59. The van der Waals surface area contributed by atoms with Gasteiger partial charge in [0.15, 0.2) is 0 Å². The molecular weight excluding hydrogens is 282 g/mol. The number of nitrogens with zero attached hydrogens (tertiary/aromatic N) is 1. The van der Waals surface area contributed by atoms with Crippen LogP contribution in [0.2, 0.25) is 5.02 Å². The van der Waals surface area contributed by atoms with Crippen LogP contribution >= 0.6 is 11.6 Å². The molecule has 1 N–H and O–H groups in total. The summed E-state index contributed by atoms with van der Waals surface area (Å²) in [5.74, 6) is 0. The van der Waals surface area contributed by atoms with Gasteiger partial charge in [-0.3, -0.25) is 0 Å². The summed E-state index contributed by atoms with van der Waals surface area (Å²) in [4.78, 5) is 2.30. The molecule has 1 unspecified atom stereocenters. The third-order valence-electron chi connectivity index (χ3n) is 3.58. The zero-order chi connectivity index (χ0) is 15.4. The molecule has 0 aromatic heterocycles. The molecule has 0 saturated heterocycles. The number of hydrogen-bond acceptors (Lipinski definition) is 2. The molecule has 0 fully saturated rings. The monoisotopic (exact) mass is 303 g/mol. The van der Waals surface area contributed by atoms with Crippen LogP contribution in [0.4, 0.5) is 5.69 Å². The average Bonchev–Trinajstić information content (AvgIpc) is 2.45. The van der Waals surface area contributed by atoms with Crippen molar-refractivity contribution in [1.82, 2.24) is 0 Å². The zero-order valence-electron chi connectivity index (χ0n) is 12.8. The molecule has 0 bridgehead atoms. The van der Waals surface area contributed by atoms with Crippen LogP contribution < -0.4 is 4.90 Å². The van der Waals surface area contributed by atoms with E-state index in [1.165, 1.54) is 5.56 Å². The Morgan fingerprint density at radius 2 is 1.71 bits per heavy atom. The van der Waals surface area contributed by atoms with E-state index in [2.05, 4.69) is 43.0 Å². The van der Waals surface area contributed by atoms with Gasteiger partial charge in [0.05, 0.1) is 6.10 Å². The van der Waals surface area contributed by atoms with Crippen LogP contribution in [0.1, 0.15) is 38.0 Å². The minimum absolute atomic E-state index is 0.360. The third kappa shape index (κ3) is 3.99. The lowest BCUT2D eigenvalue weighted by atomic mass is 10.1. The zero-order valence-corrected chi connectivity index (χ0v) is 13.5. The van der Waals surface area contributed by atoms with Crippen molar-refractivity contribution in [3.63, 3.8) is 0 Å². The van der Waals surface area contributed by atoms with E-state index >= 15 is 0 Å². The van der Waals surface area contributed by atoms with E-state index in [4.69, 9.17) is 11.6 Å². The highest BCUT2D eigenvalue weighted by molar-refractivity contribution is 6.31. The SMILES string of the molecule is CC(O)c1ccc(N(Cc2ccccc2)C(C)C)cc1Cl. The normalized spacial score (nSPS) is 12.5. The molecule has 0 amide bonds. The Hall–Kier alpha value is -1.51. The van der Waals surface area contributed by atoms with E-state index in [-0.39, 0.29) is 0 Å². The van der Waals surface area contributed by atoms with Crippen LogP contribution in [0.5, 0.6) is 0 Å². The lowest BCUT2D eigenvalue weighted by molar-refractivity contribution is 0.199. The largest absolute Gasteiger partial charge is 0.389 e. The van der Waals surface area contributed by atoms with E-state index in [1.54, 1.807) is 6.92 Å². The molecule has 3 heteroatoms. The first kappa shape index (κ1) is 15.9. The molecule has 0 aliphatic rings.